The van der Waals surface area contributed by atoms with Crippen LogP contribution in [0.5, 0.6) is 0 Å². The van der Waals surface area contributed by atoms with E-state index in [0.717, 1.165) is 4.88 Å². The number of hydrogen-bond donors (Lipinski definition) is 5. The van der Waals surface area contributed by atoms with Crippen LogP contribution in [0.3, 0.4) is 0 Å². The van der Waals surface area contributed by atoms with E-state index >= 15 is 0 Å². The number of thiophene rings is 1. The van der Waals surface area contributed by atoms with Crippen molar-refractivity contribution in [1.82, 2.24) is 10.6 Å². The lowest BCUT2D eigenvalue weighted by atomic mass is 9.89. The van der Waals surface area contributed by atoms with Crippen molar-refractivity contribution in [3.63, 3.8) is 0 Å². The van der Waals surface area contributed by atoms with E-state index in [0.29, 0.717) is 6.42 Å². The lowest BCUT2D eigenvalue weighted by Crippen LogP contribution is -2.52. The summed E-state index contributed by atoms with van der Waals surface area (Å²) in [6.45, 7) is 3.81. The van der Waals surface area contributed by atoms with Gasteiger partial charge in [0.15, 0.2) is 0 Å². The molecule has 8 nitrogen and oxygen atoms in total. The molecule has 4 atom stereocenters. The van der Waals surface area contributed by atoms with Gasteiger partial charge in [-0.1, -0.05) is 26.0 Å². The van der Waals surface area contributed by atoms with Crippen LogP contribution in [-0.4, -0.2) is 52.2 Å². The zero-order chi connectivity index (χ0) is 20.8. The number of nitrogens with two attached hydrogens (primary N) is 1. The van der Waals surface area contributed by atoms with Gasteiger partial charge in [0.1, 0.15) is 12.1 Å². The Hall–Kier alpha value is -2.23. The maximum Gasteiger partial charge on any atom is 0.247 e. The molecule has 2 rings (SSSR count). The van der Waals surface area contributed by atoms with E-state index in [1.54, 1.807) is 0 Å². The Labute approximate surface area is 167 Å². The third-order valence-corrected chi connectivity index (χ3v) is 5.34. The molecule has 1 aliphatic rings. The lowest BCUT2D eigenvalue weighted by Gasteiger charge is -2.31. The molecule has 0 saturated heterocycles. The van der Waals surface area contributed by atoms with E-state index in [1.165, 1.54) is 17.4 Å². The molecule has 0 unspecified atom stereocenters. The molecular weight excluding hydrogens is 382 g/mol. The molecular formula is C19H27N3O5S. The fourth-order valence-electron chi connectivity index (χ4n) is 3.04. The molecule has 3 amide bonds. The molecule has 1 heterocycles. The normalized spacial score (nSPS) is 23.0. The summed E-state index contributed by atoms with van der Waals surface area (Å²) in [5.41, 5.74) is 5.54. The molecule has 0 radical (unpaired) electrons. The van der Waals surface area contributed by atoms with Gasteiger partial charge in [0.25, 0.3) is 0 Å². The predicted octanol–water partition coefficient (Wildman–Crippen LogP) is -0.156. The fraction of sp³-hybridized carbons (Fsp3) is 0.526. The summed E-state index contributed by atoms with van der Waals surface area (Å²) >= 11 is 1.44. The number of nitrogens with one attached hydrogen (secondary N) is 2. The molecule has 28 heavy (non-hydrogen) atoms. The number of carbonyl (C=O) groups is 3. The third kappa shape index (κ3) is 6.15. The smallest absolute Gasteiger partial charge is 0.247 e. The number of amides is 3. The van der Waals surface area contributed by atoms with Crippen LogP contribution in [0.4, 0.5) is 0 Å². The minimum absolute atomic E-state index is 0.0859. The van der Waals surface area contributed by atoms with E-state index < -0.39 is 36.1 Å². The molecule has 1 aromatic rings. The number of carbonyl (C=O) groups excluding carboxylic acids is 3. The van der Waals surface area contributed by atoms with E-state index in [2.05, 4.69) is 10.6 Å². The van der Waals surface area contributed by atoms with E-state index in [9.17, 15) is 24.6 Å². The van der Waals surface area contributed by atoms with Crippen LogP contribution >= 0.6 is 11.3 Å². The summed E-state index contributed by atoms with van der Waals surface area (Å²) in [7, 11) is 0. The average molecular weight is 410 g/mol. The number of hydrogen-bond acceptors (Lipinski definition) is 6. The Morgan fingerprint density at radius 3 is 2.61 bits per heavy atom. The number of rotatable bonds is 8. The van der Waals surface area contributed by atoms with Gasteiger partial charge in [0.2, 0.25) is 17.7 Å². The molecule has 154 valence electrons. The fourth-order valence-corrected chi connectivity index (χ4v) is 3.74. The van der Waals surface area contributed by atoms with Gasteiger partial charge in [0, 0.05) is 16.9 Å². The van der Waals surface area contributed by atoms with Crippen molar-refractivity contribution in [1.29, 1.82) is 0 Å². The Morgan fingerprint density at radius 2 is 2.04 bits per heavy atom. The molecule has 0 saturated carbocycles. The summed E-state index contributed by atoms with van der Waals surface area (Å²) in [6, 6.07) is 1.92. The summed E-state index contributed by atoms with van der Waals surface area (Å²) < 4.78 is 0. The quantitative estimate of drug-likeness (QED) is 0.406. The van der Waals surface area contributed by atoms with Gasteiger partial charge in [-0.05, 0) is 23.8 Å². The predicted molar refractivity (Wildman–Crippen MR) is 105 cm³/mol. The molecule has 1 aliphatic carbocycles. The van der Waals surface area contributed by atoms with Crippen molar-refractivity contribution >= 4 is 29.1 Å². The highest BCUT2D eigenvalue weighted by molar-refractivity contribution is 7.10. The first-order chi connectivity index (χ1) is 13.2. The monoisotopic (exact) mass is 409 g/mol. The van der Waals surface area contributed by atoms with Gasteiger partial charge in [0.05, 0.1) is 18.6 Å². The second-order valence-corrected chi connectivity index (χ2v) is 8.39. The van der Waals surface area contributed by atoms with Gasteiger partial charge in [-0.15, -0.1) is 11.3 Å². The van der Waals surface area contributed by atoms with Crippen LogP contribution in [0.2, 0.25) is 0 Å². The van der Waals surface area contributed by atoms with Crippen molar-refractivity contribution in [3.8, 4) is 0 Å². The Kier molecular flexibility index (Phi) is 7.73. The van der Waals surface area contributed by atoms with Crippen molar-refractivity contribution in [2.45, 2.75) is 57.4 Å². The molecule has 0 fully saturated rings. The lowest BCUT2D eigenvalue weighted by molar-refractivity contribution is -0.126. The topological polar surface area (TPSA) is 142 Å². The van der Waals surface area contributed by atoms with Gasteiger partial charge >= 0.3 is 0 Å². The molecule has 0 aliphatic heterocycles. The molecule has 0 aromatic carbocycles. The highest BCUT2D eigenvalue weighted by atomic mass is 32.1. The van der Waals surface area contributed by atoms with Crippen LogP contribution in [-0.2, 0) is 20.8 Å². The Bertz CT molecular complexity index is 732. The second kappa shape index (κ2) is 9.81. The largest absolute Gasteiger partial charge is 0.390 e. The number of aliphatic hydroxyl groups is 2. The molecule has 0 spiro atoms. The number of primary amides is 1. The second-order valence-electron chi connectivity index (χ2n) is 7.36. The average Bonchev–Trinajstić information content (AvgIpc) is 3.10. The minimum Gasteiger partial charge on any atom is -0.390 e. The van der Waals surface area contributed by atoms with Crippen molar-refractivity contribution in [2.75, 3.05) is 0 Å². The molecule has 6 N–H and O–H groups in total. The van der Waals surface area contributed by atoms with Crippen molar-refractivity contribution in [3.05, 3.63) is 34.0 Å². The van der Waals surface area contributed by atoms with Crippen LogP contribution in [0, 0.1) is 5.92 Å². The summed E-state index contributed by atoms with van der Waals surface area (Å²) in [6.07, 6.45) is -0.573. The van der Waals surface area contributed by atoms with Crippen LogP contribution in [0.25, 0.3) is 0 Å². The standard InChI is InChI=1S/C19H27N3O5S/c1-10(2)6-14(18(20)26)22-19(27)11-7-13(17(25)15(23)8-11)21-16(24)9-12-4-3-5-28-12/h3-5,7,10,13-15,17,23,25H,6,8-9H2,1-2H3,(H2,20,26)(H,21,24)(H,22,27)/t13-,14-,15-,17-/m1/s1. The SMILES string of the molecule is CC(C)C[C@@H](NC(=O)C1=C[C@@H](NC(=O)Cc2cccs2)[C@@H](O)[C@H](O)C1)C(N)=O. The summed E-state index contributed by atoms with van der Waals surface area (Å²) in [4.78, 5) is 37.2. The maximum atomic E-state index is 12.5. The van der Waals surface area contributed by atoms with Gasteiger partial charge in [-0.3, -0.25) is 14.4 Å². The van der Waals surface area contributed by atoms with Crippen LogP contribution < -0.4 is 16.4 Å². The first-order valence-electron chi connectivity index (χ1n) is 9.16. The highest BCUT2D eigenvalue weighted by Crippen LogP contribution is 2.21. The van der Waals surface area contributed by atoms with Gasteiger partial charge in [-0.2, -0.15) is 0 Å². The molecule has 0 bridgehead atoms. The van der Waals surface area contributed by atoms with Crippen LogP contribution in [0.1, 0.15) is 31.6 Å². The summed E-state index contributed by atoms with van der Waals surface area (Å²) in [5, 5.41) is 27.4. The van der Waals surface area contributed by atoms with Gasteiger partial charge < -0.3 is 26.6 Å². The van der Waals surface area contributed by atoms with Crippen molar-refractivity contribution < 1.29 is 24.6 Å². The third-order valence-electron chi connectivity index (χ3n) is 4.46. The Morgan fingerprint density at radius 1 is 1.32 bits per heavy atom. The van der Waals surface area contributed by atoms with Crippen molar-refractivity contribution in [2.24, 2.45) is 11.7 Å². The molecule has 1 aromatic heterocycles. The Balaban J connectivity index is 2.07. The zero-order valence-electron chi connectivity index (χ0n) is 15.9. The van der Waals surface area contributed by atoms with E-state index in [-0.39, 0.29) is 30.2 Å². The van der Waals surface area contributed by atoms with E-state index in [1.807, 2.05) is 31.4 Å². The zero-order valence-corrected chi connectivity index (χ0v) is 16.7. The highest BCUT2D eigenvalue weighted by Gasteiger charge is 2.34. The number of aliphatic hydroxyl groups excluding tert-OH is 2. The minimum atomic E-state index is -1.23. The van der Waals surface area contributed by atoms with E-state index in [4.69, 9.17) is 5.73 Å². The van der Waals surface area contributed by atoms with Crippen LogP contribution in [0.15, 0.2) is 29.2 Å². The summed E-state index contributed by atoms with van der Waals surface area (Å²) in [5.74, 6) is -1.37. The van der Waals surface area contributed by atoms with Gasteiger partial charge in [-0.25, -0.2) is 0 Å². The first-order valence-corrected chi connectivity index (χ1v) is 10.0. The first kappa shape index (κ1) is 22.1. The molecule has 9 heteroatoms. The maximum absolute atomic E-state index is 12.5.